The number of aromatic nitrogens is 1. The van der Waals surface area contributed by atoms with E-state index in [0.717, 1.165) is 0 Å². The second-order valence-corrected chi connectivity index (χ2v) is 3.86. The summed E-state index contributed by atoms with van der Waals surface area (Å²) in [5.41, 5.74) is 0.574. The monoisotopic (exact) mass is 276 g/mol. The first-order chi connectivity index (χ1) is 9.69. The van der Waals surface area contributed by atoms with Gasteiger partial charge in [-0.3, -0.25) is 4.79 Å². The largest absolute Gasteiger partial charge is 0.497 e. The number of rotatable bonds is 5. The number of nitrogens with one attached hydrogen (secondary N) is 1. The average Bonchev–Trinajstić information content (AvgIpc) is 2.46. The molecule has 0 spiro atoms. The van der Waals surface area contributed by atoms with E-state index < -0.39 is 11.9 Å². The Kier molecular flexibility index (Phi) is 4.49. The van der Waals surface area contributed by atoms with E-state index in [4.69, 9.17) is 9.47 Å². The Labute approximate surface area is 115 Å². The molecule has 5 nitrogen and oxygen atoms in total. The van der Waals surface area contributed by atoms with E-state index in [1.165, 1.54) is 25.4 Å². The van der Waals surface area contributed by atoms with E-state index in [-0.39, 0.29) is 12.4 Å². The molecular weight excluding hydrogens is 263 g/mol. The number of hydrogen-bond donors (Lipinski definition) is 1. The molecule has 1 amide bonds. The number of methoxy groups -OCH3 is 1. The van der Waals surface area contributed by atoms with Crippen LogP contribution >= 0.6 is 0 Å². The van der Waals surface area contributed by atoms with Gasteiger partial charge in [0.05, 0.1) is 7.11 Å². The number of nitrogens with zero attached hydrogens (tertiary/aromatic N) is 1. The van der Waals surface area contributed by atoms with Gasteiger partial charge in [0, 0.05) is 18.0 Å². The summed E-state index contributed by atoms with van der Waals surface area (Å²) in [6.45, 7) is -0.306. The summed E-state index contributed by atoms with van der Waals surface area (Å²) in [6.07, 6.45) is 1.30. The summed E-state index contributed by atoms with van der Waals surface area (Å²) in [7, 11) is 1.54. The minimum Gasteiger partial charge on any atom is -0.497 e. The number of amides is 1. The van der Waals surface area contributed by atoms with Crippen molar-refractivity contribution in [2.75, 3.05) is 19.0 Å². The molecular formula is C14H13FN2O3. The van der Waals surface area contributed by atoms with Gasteiger partial charge in [-0.15, -0.1) is 0 Å². The predicted octanol–water partition coefficient (Wildman–Crippen LogP) is 2.25. The number of halogens is 1. The van der Waals surface area contributed by atoms with Crippen molar-refractivity contribution in [3.05, 3.63) is 48.5 Å². The number of ether oxygens (including phenoxy) is 2. The van der Waals surface area contributed by atoms with Gasteiger partial charge in [0.1, 0.15) is 5.75 Å². The quantitative estimate of drug-likeness (QED) is 0.851. The molecule has 0 aliphatic rings. The van der Waals surface area contributed by atoms with Crippen molar-refractivity contribution in [1.29, 1.82) is 0 Å². The number of carbonyl (C=O) groups is 1. The number of carbonyl (C=O) groups excluding carboxylic acids is 1. The standard InChI is InChI=1S/C14H13FN2O3/c1-19-11-5-2-4-10(8-11)17-13(18)9-20-12-6-3-7-16-14(12)15/h2-8H,9H2,1H3,(H,17,18). The van der Waals surface area contributed by atoms with Crippen LogP contribution in [0.5, 0.6) is 11.5 Å². The van der Waals surface area contributed by atoms with Crippen LogP contribution in [0.1, 0.15) is 0 Å². The van der Waals surface area contributed by atoms with E-state index in [0.29, 0.717) is 11.4 Å². The first kappa shape index (κ1) is 13.8. The first-order valence-corrected chi connectivity index (χ1v) is 5.86. The smallest absolute Gasteiger partial charge is 0.262 e. The van der Waals surface area contributed by atoms with Crippen molar-refractivity contribution >= 4 is 11.6 Å². The van der Waals surface area contributed by atoms with Gasteiger partial charge in [0.15, 0.2) is 12.4 Å². The molecule has 2 aromatic rings. The van der Waals surface area contributed by atoms with Crippen LogP contribution in [0.15, 0.2) is 42.6 Å². The van der Waals surface area contributed by atoms with E-state index in [9.17, 15) is 9.18 Å². The zero-order valence-electron chi connectivity index (χ0n) is 10.8. The lowest BCUT2D eigenvalue weighted by molar-refractivity contribution is -0.118. The van der Waals surface area contributed by atoms with Gasteiger partial charge in [0.25, 0.3) is 11.9 Å². The molecule has 0 aliphatic heterocycles. The van der Waals surface area contributed by atoms with Gasteiger partial charge in [-0.2, -0.15) is 4.39 Å². The number of benzene rings is 1. The second-order valence-electron chi connectivity index (χ2n) is 3.86. The summed E-state index contributed by atoms with van der Waals surface area (Å²) in [4.78, 5) is 15.1. The molecule has 20 heavy (non-hydrogen) atoms. The van der Waals surface area contributed by atoms with Crippen molar-refractivity contribution < 1.29 is 18.7 Å². The maximum Gasteiger partial charge on any atom is 0.262 e. The zero-order chi connectivity index (χ0) is 14.4. The minimum atomic E-state index is -0.748. The fourth-order valence-corrected chi connectivity index (χ4v) is 1.52. The lowest BCUT2D eigenvalue weighted by Gasteiger charge is -2.08. The Morgan fingerprint density at radius 2 is 2.20 bits per heavy atom. The third kappa shape index (κ3) is 3.68. The highest BCUT2D eigenvalue weighted by Gasteiger charge is 2.07. The molecule has 2 rings (SSSR count). The van der Waals surface area contributed by atoms with E-state index >= 15 is 0 Å². The van der Waals surface area contributed by atoms with Crippen LogP contribution in [0.25, 0.3) is 0 Å². The molecule has 6 heteroatoms. The fraction of sp³-hybridized carbons (Fsp3) is 0.143. The molecule has 0 aliphatic carbocycles. The normalized spacial score (nSPS) is 9.90. The van der Waals surface area contributed by atoms with Crippen LogP contribution in [0.3, 0.4) is 0 Å². The molecule has 1 N–H and O–H groups in total. The summed E-state index contributed by atoms with van der Waals surface area (Å²) in [6, 6.07) is 9.82. The van der Waals surface area contributed by atoms with E-state index in [1.54, 1.807) is 24.3 Å². The Balaban J connectivity index is 1.91. The Bertz CT molecular complexity index is 604. The molecule has 1 aromatic heterocycles. The van der Waals surface area contributed by atoms with Crippen LogP contribution in [-0.2, 0) is 4.79 Å². The van der Waals surface area contributed by atoms with Crippen LogP contribution in [-0.4, -0.2) is 24.6 Å². The molecule has 0 fully saturated rings. The van der Waals surface area contributed by atoms with Crippen LogP contribution < -0.4 is 14.8 Å². The Morgan fingerprint density at radius 3 is 2.95 bits per heavy atom. The molecule has 1 heterocycles. The summed E-state index contributed by atoms with van der Waals surface area (Å²) in [5, 5.41) is 2.62. The highest BCUT2D eigenvalue weighted by molar-refractivity contribution is 5.92. The Morgan fingerprint density at radius 1 is 1.35 bits per heavy atom. The van der Waals surface area contributed by atoms with Crippen molar-refractivity contribution in [3.8, 4) is 11.5 Å². The molecule has 0 saturated carbocycles. The van der Waals surface area contributed by atoms with E-state index in [1.807, 2.05) is 0 Å². The van der Waals surface area contributed by atoms with Crippen LogP contribution in [0.4, 0.5) is 10.1 Å². The molecule has 0 atom stereocenters. The van der Waals surface area contributed by atoms with Crippen molar-refractivity contribution in [2.24, 2.45) is 0 Å². The Hall–Kier alpha value is -2.63. The lowest BCUT2D eigenvalue weighted by Crippen LogP contribution is -2.20. The molecule has 0 unspecified atom stereocenters. The lowest BCUT2D eigenvalue weighted by atomic mass is 10.3. The number of pyridine rings is 1. The average molecular weight is 276 g/mol. The predicted molar refractivity (Wildman–Crippen MR) is 71.3 cm³/mol. The molecule has 1 aromatic carbocycles. The van der Waals surface area contributed by atoms with Crippen molar-refractivity contribution in [3.63, 3.8) is 0 Å². The maximum absolute atomic E-state index is 13.2. The summed E-state index contributed by atoms with van der Waals surface area (Å²) >= 11 is 0. The van der Waals surface area contributed by atoms with Gasteiger partial charge < -0.3 is 14.8 Å². The van der Waals surface area contributed by atoms with E-state index in [2.05, 4.69) is 10.3 Å². The van der Waals surface area contributed by atoms with Gasteiger partial charge >= 0.3 is 0 Å². The summed E-state index contributed by atoms with van der Waals surface area (Å²) in [5.74, 6) is -0.585. The summed E-state index contributed by atoms with van der Waals surface area (Å²) < 4.78 is 23.3. The fourth-order valence-electron chi connectivity index (χ4n) is 1.52. The van der Waals surface area contributed by atoms with Crippen molar-refractivity contribution in [1.82, 2.24) is 4.98 Å². The zero-order valence-corrected chi connectivity index (χ0v) is 10.8. The maximum atomic E-state index is 13.2. The van der Waals surface area contributed by atoms with Crippen LogP contribution in [0.2, 0.25) is 0 Å². The number of anilines is 1. The third-order valence-corrected chi connectivity index (χ3v) is 2.44. The van der Waals surface area contributed by atoms with Gasteiger partial charge in [0.2, 0.25) is 0 Å². The first-order valence-electron chi connectivity index (χ1n) is 5.86. The SMILES string of the molecule is COc1cccc(NC(=O)COc2cccnc2F)c1. The highest BCUT2D eigenvalue weighted by atomic mass is 19.1. The molecule has 0 saturated heterocycles. The van der Waals surface area contributed by atoms with Gasteiger partial charge in [-0.05, 0) is 24.3 Å². The van der Waals surface area contributed by atoms with Gasteiger partial charge in [-0.25, -0.2) is 4.98 Å². The molecule has 0 radical (unpaired) electrons. The minimum absolute atomic E-state index is 0.0618. The second kappa shape index (κ2) is 6.51. The molecule has 0 bridgehead atoms. The highest BCUT2D eigenvalue weighted by Crippen LogP contribution is 2.17. The molecule has 104 valence electrons. The topological polar surface area (TPSA) is 60.5 Å². The van der Waals surface area contributed by atoms with Crippen LogP contribution in [0, 0.1) is 5.95 Å². The van der Waals surface area contributed by atoms with Gasteiger partial charge in [-0.1, -0.05) is 6.07 Å². The number of hydrogen-bond acceptors (Lipinski definition) is 4. The third-order valence-electron chi connectivity index (χ3n) is 2.44. The van der Waals surface area contributed by atoms with Crippen molar-refractivity contribution in [2.45, 2.75) is 0 Å².